The lowest BCUT2D eigenvalue weighted by atomic mass is 9.75. The van der Waals surface area contributed by atoms with Crippen molar-refractivity contribution in [1.29, 1.82) is 0 Å². The zero-order chi connectivity index (χ0) is 21.9. The number of aliphatic carboxylic acids is 1. The molecule has 1 aromatic rings. The molecule has 0 radical (unpaired) electrons. The summed E-state index contributed by atoms with van der Waals surface area (Å²) < 4.78 is 37.7. The van der Waals surface area contributed by atoms with Crippen LogP contribution in [0.15, 0.2) is 11.4 Å². The number of carboxylic acid groups (broad SMARTS) is 1. The second kappa shape index (κ2) is 9.21. The summed E-state index contributed by atoms with van der Waals surface area (Å²) in [5, 5.41) is 10.9. The molecule has 3 fully saturated rings. The average molecular weight is 450 g/mol. The maximum absolute atomic E-state index is 13.1. The number of ether oxygens (including phenoxy) is 1. The van der Waals surface area contributed by atoms with Gasteiger partial charge in [-0.25, -0.2) is 9.86 Å². The molecule has 4 heterocycles. The number of rotatable bonds is 3. The SMILES string of the molecule is Cc1ccsc1CN1CC[C@H]2OCC[C@@]2(C(=O)N2CCCO2)C1.O=C(O)C(F)(F)F. The normalized spacial score (nSPS) is 26.8. The molecule has 4 rings (SSSR count). The number of hydrogen-bond donors (Lipinski definition) is 1. The molecule has 0 aliphatic carbocycles. The van der Waals surface area contributed by atoms with Crippen LogP contribution in [0.2, 0.25) is 0 Å². The summed E-state index contributed by atoms with van der Waals surface area (Å²) in [6, 6.07) is 2.17. The van der Waals surface area contributed by atoms with E-state index >= 15 is 0 Å². The molecule has 0 unspecified atom stereocenters. The molecule has 3 aliphatic rings. The Morgan fingerprint density at radius 3 is 2.63 bits per heavy atom. The number of halogens is 3. The molecule has 0 saturated carbocycles. The Balaban J connectivity index is 0.000000318. The third kappa shape index (κ3) is 4.96. The maximum Gasteiger partial charge on any atom is 0.490 e. The predicted molar refractivity (Wildman–Crippen MR) is 102 cm³/mol. The highest BCUT2D eigenvalue weighted by Crippen LogP contribution is 2.43. The average Bonchev–Trinajstić information content (AvgIpc) is 3.42. The van der Waals surface area contributed by atoms with Gasteiger partial charge < -0.3 is 9.84 Å². The van der Waals surface area contributed by atoms with Crippen LogP contribution in [0.4, 0.5) is 13.2 Å². The highest BCUT2D eigenvalue weighted by molar-refractivity contribution is 7.10. The first-order chi connectivity index (χ1) is 14.1. The molecular weight excluding hydrogens is 425 g/mol. The molecule has 30 heavy (non-hydrogen) atoms. The van der Waals surface area contributed by atoms with Crippen molar-refractivity contribution >= 4 is 23.2 Å². The Hall–Kier alpha value is -1.69. The second-order valence-electron chi connectivity index (χ2n) is 7.69. The number of carboxylic acids is 1. The number of piperidine rings is 1. The molecule has 1 N–H and O–H groups in total. The molecule has 3 saturated heterocycles. The molecule has 0 spiro atoms. The number of hydrogen-bond acceptors (Lipinski definition) is 6. The third-order valence-corrected chi connectivity index (χ3v) is 6.69. The quantitative estimate of drug-likeness (QED) is 0.763. The number of carbonyl (C=O) groups excluding carboxylic acids is 1. The summed E-state index contributed by atoms with van der Waals surface area (Å²) in [5.74, 6) is -2.61. The minimum absolute atomic E-state index is 0.0554. The number of nitrogens with zero attached hydrogens (tertiary/aromatic N) is 2. The van der Waals surface area contributed by atoms with E-state index in [0.717, 1.165) is 45.4 Å². The smallest absolute Gasteiger partial charge is 0.475 e. The van der Waals surface area contributed by atoms with E-state index in [2.05, 4.69) is 23.3 Å². The lowest BCUT2D eigenvalue weighted by Crippen LogP contribution is -2.57. The zero-order valence-electron chi connectivity index (χ0n) is 16.6. The van der Waals surface area contributed by atoms with E-state index in [-0.39, 0.29) is 12.0 Å². The molecule has 0 aromatic carbocycles. The molecule has 1 aromatic heterocycles. The summed E-state index contributed by atoms with van der Waals surface area (Å²) in [7, 11) is 0. The fraction of sp³-hybridized carbons (Fsp3) is 0.684. The number of hydroxylamine groups is 2. The minimum Gasteiger partial charge on any atom is -0.475 e. The largest absolute Gasteiger partial charge is 0.490 e. The maximum atomic E-state index is 13.1. The van der Waals surface area contributed by atoms with Crippen molar-refractivity contribution in [3.05, 3.63) is 21.9 Å². The molecule has 168 valence electrons. The van der Waals surface area contributed by atoms with Crippen LogP contribution in [-0.4, -0.2) is 72.1 Å². The fourth-order valence-electron chi connectivity index (χ4n) is 4.09. The highest BCUT2D eigenvalue weighted by atomic mass is 32.1. The second-order valence-corrected chi connectivity index (χ2v) is 8.69. The van der Waals surface area contributed by atoms with Gasteiger partial charge in [0, 0.05) is 31.1 Å². The van der Waals surface area contributed by atoms with Crippen LogP contribution in [0.1, 0.15) is 29.7 Å². The summed E-state index contributed by atoms with van der Waals surface area (Å²) in [4.78, 5) is 31.4. The van der Waals surface area contributed by atoms with Crippen molar-refractivity contribution < 1.29 is 37.4 Å². The standard InChI is InChI=1S/C17H24N2O3S.C2HF3O2/c1-13-4-10-23-14(13)11-18-7-3-15-17(12-18,5-9-21-15)16(20)19-6-2-8-22-19;3-2(4,5)1(6)7/h4,10,15H,2-3,5-9,11-12H2,1H3;(H,6,7)/t15-,17-;/m1./s1. The van der Waals surface area contributed by atoms with E-state index < -0.39 is 17.6 Å². The summed E-state index contributed by atoms with van der Waals surface area (Å²) in [6.45, 7) is 6.95. The van der Waals surface area contributed by atoms with E-state index in [1.54, 1.807) is 5.06 Å². The van der Waals surface area contributed by atoms with Crippen LogP contribution in [0.3, 0.4) is 0 Å². The topological polar surface area (TPSA) is 79.3 Å². The summed E-state index contributed by atoms with van der Waals surface area (Å²) in [5.41, 5.74) is 0.941. The lowest BCUT2D eigenvalue weighted by Gasteiger charge is -2.43. The van der Waals surface area contributed by atoms with Gasteiger partial charge in [-0.3, -0.25) is 14.5 Å². The number of amides is 1. The minimum atomic E-state index is -5.08. The highest BCUT2D eigenvalue weighted by Gasteiger charge is 2.55. The Labute approximate surface area is 176 Å². The van der Waals surface area contributed by atoms with Gasteiger partial charge in [0.15, 0.2) is 0 Å². The van der Waals surface area contributed by atoms with E-state index in [1.165, 1.54) is 10.4 Å². The Morgan fingerprint density at radius 2 is 2.07 bits per heavy atom. The van der Waals surface area contributed by atoms with E-state index in [4.69, 9.17) is 19.5 Å². The summed E-state index contributed by atoms with van der Waals surface area (Å²) in [6.07, 6.45) is -2.34. The monoisotopic (exact) mass is 450 g/mol. The van der Waals surface area contributed by atoms with Crippen molar-refractivity contribution in [2.24, 2.45) is 5.41 Å². The van der Waals surface area contributed by atoms with Crippen molar-refractivity contribution in [2.75, 3.05) is 32.8 Å². The van der Waals surface area contributed by atoms with Gasteiger partial charge in [0.1, 0.15) is 0 Å². The van der Waals surface area contributed by atoms with Crippen molar-refractivity contribution in [3.63, 3.8) is 0 Å². The molecule has 2 atom stereocenters. The van der Waals surface area contributed by atoms with Gasteiger partial charge >= 0.3 is 12.1 Å². The molecule has 11 heteroatoms. The number of thiophene rings is 1. The molecular formula is C19H25F3N2O5S. The van der Waals surface area contributed by atoms with Crippen molar-refractivity contribution in [1.82, 2.24) is 9.96 Å². The number of likely N-dealkylation sites (tertiary alicyclic amines) is 1. The predicted octanol–water partition coefficient (Wildman–Crippen LogP) is 2.83. The number of aryl methyl sites for hydroxylation is 1. The van der Waals surface area contributed by atoms with Gasteiger partial charge in [0.05, 0.1) is 24.7 Å². The van der Waals surface area contributed by atoms with Gasteiger partial charge in [0.25, 0.3) is 5.91 Å². The summed E-state index contributed by atoms with van der Waals surface area (Å²) >= 11 is 1.81. The van der Waals surface area contributed by atoms with Gasteiger partial charge in [0.2, 0.25) is 0 Å². The van der Waals surface area contributed by atoms with Gasteiger partial charge in [-0.1, -0.05) is 0 Å². The van der Waals surface area contributed by atoms with Crippen LogP contribution in [0.5, 0.6) is 0 Å². The van der Waals surface area contributed by atoms with E-state index in [0.29, 0.717) is 13.2 Å². The molecule has 1 amide bonds. The van der Waals surface area contributed by atoms with E-state index in [1.807, 2.05) is 11.3 Å². The first kappa shape index (κ1) is 23.0. The van der Waals surface area contributed by atoms with Gasteiger partial charge in [-0.2, -0.15) is 13.2 Å². The zero-order valence-corrected chi connectivity index (χ0v) is 17.4. The molecule has 7 nitrogen and oxygen atoms in total. The Kier molecular flexibility index (Phi) is 7.05. The van der Waals surface area contributed by atoms with Gasteiger partial charge in [-0.05, 0) is 43.2 Å². The Bertz CT molecular complexity index is 766. The number of alkyl halides is 3. The molecule has 3 aliphatic heterocycles. The van der Waals surface area contributed by atoms with Crippen LogP contribution >= 0.6 is 11.3 Å². The first-order valence-corrected chi connectivity index (χ1v) is 10.6. The first-order valence-electron chi connectivity index (χ1n) is 9.75. The van der Waals surface area contributed by atoms with E-state index in [9.17, 15) is 18.0 Å². The van der Waals surface area contributed by atoms with Gasteiger partial charge in [-0.15, -0.1) is 11.3 Å². The van der Waals surface area contributed by atoms with Crippen molar-refractivity contribution in [2.45, 2.75) is 45.0 Å². The van der Waals surface area contributed by atoms with Crippen LogP contribution in [0, 0.1) is 12.3 Å². The Morgan fingerprint density at radius 1 is 1.33 bits per heavy atom. The lowest BCUT2D eigenvalue weighted by molar-refractivity contribution is -0.192. The van der Waals surface area contributed by atoms with Crippen LogP contribution in [-0.2, 0) is 25.7 Å². The van der Waals surface area contributed by atoms with Crippen molar-refractivity contribution in [3.8, 4) is 0 Å². The molecule has 0 bridgehead atoms. The number of carbonyl (C=O) groups is 2. The third-order valence-electron chi connectivity index (χ3n) is 5.68. The fourth-order valence-corrected chi connectivity index (χ4v) is 5.04. The number of fused-ring (bicyclic) bond motifs is 1. The van der Waals surface area contributed by atoms with Crippen LogP contribution < -0.4 is 0 Å². The van der Waals surface area contributed by atoms with Crippen LogP contribution in [0.25, 0.3) is 0 Å².